The van der Waals surface area contributed by atoms with Crippen LogP contribution in [0.1, 0.15) is 30.5 Å². The van der Waals surface area contributed by atoms with Crippen LogP contribution in [0.4, 0.5) is 0 Å². The van der Waals surface area contributed by atoms with Gasteiger partial charge in [-0.15, -0.1) is 0 Å². The Kier molecular flexibility index (Phi) is 6.56. The summed E-state index contributed by atoms with van der Waals surface area (Å²) in [4.78, 5) is 0. The Morgan fingerprint density at radius 2 is 1.91 bits per heavy atom. The molecule has 1 atom stereocenters. The smallest absolute Gasteiger partial charge is 0.119 e. The number of ether oxygens (including phenoxy) is 1. The maximum atomic E-state index is 6.03. The van der Waals surface area contributed by atoms with Gasteiger partial charge >= 0.3 is 0 Å². The summed E-state index contributed by atoms with van der Waals surface area (Å²) < 4.78 is 5.26. The topological polar surface area (TPSA) is 21.3 Å². The Labute approximate surface area is 142 Å². The Morgan fingerprint density at radius 1 is 1.09 bits per heavy atom. The highest BCUT2D eigenvalue weighted by molar-refractivity contribution is 6.42. The molecule has 0 aliphatic heterocycles. The summed E-state index contributed by atoms with van der Waals surface area (Å²) in [5.41, 5.74) is 2.44. The first-order chi connectivity index (χ1) is 10.6. The summed E-state index contributed by atoms with van der Waals surface area (Å²) in [5.74, 6) is 0.891. The summed E-state index contributed by atoms with van der Waals surface area (Å²) in [6.07, 6.45) is 2.03. The monoisotopic (exact) mass is 337 g/mol. The number of halogens is 2. The fraction of sp³-hybridized carbons (Fsp3) is 0.333. The van der Waals surface area contributed by atoms with Gasteiger partial charge in [0.2, 0.25) is 0 Å². The van der Waals surface area contributed by atoms with Gasteiger partial charge in [-0.25, -0.2) is 0 Å². The van der Waals surface area contributed by atoms with Crippen molar-refractivity contribution in [3.63, 3.8) is 0 Å². The van der Waals surface area contributed by atoms with Gasteiger partial charge in [0.25, 0.3) is 0 Å². The van der Waals surface area contributed by atoms with Crippen molar-refractivity contribution in [3.8, 4) is 5.75 Å². The molecule has 0 amide bonds. The quantitative estimate of drug-likeness (QED) is 0.693. The summed E-state index contributed by atoms with van der Waals surface area (Å²) in [7, 11) is 1.69. The van der Waals surface area contributed by atoms with Gasteiger partial charge in [-0.2, -0.15) is 0 Å². The van der Waals surface area contributed by atoms with Crippen LogP contribution in [-0.2, 0) is 6.42 Å². The molecule has 118 valence electrons. The fourth-order valence-corrected chi connectivity index (χ4v) is 2.66. The minimum atomic E-state index is 0.295. The molecule has 2 aromatic carbocycles. The van der Waals surface area contributed by atoms with Crippen LogP contribution in [0, 0.1) is 0 Å². The molecule has 2 nitrogen and oxygen atoms in total. The molecule has 1 N–H and O–H groups in total. The zero-order valence-corrected chi connectivity index (χ0v) is 14.4. The predicted octanol–water partition coefficient (Wildman–Crippen LogP) is 5.29. The Morgan fingerprint density at radius 3 is 2.64 bits per heavy atom. The highest BCUT2D eigenvalue weighted by Crippen LogP contribution is 2.23. The summed E-state index contributed by atoms with van der Waals surface area (Å²) in [6, 6.07) is 14.3. The third-order valence-electron chi connectivity index (χ3n) is 3.67. The van der Waals surface area contributed by atoms with Gasteiger partial charge in [-0.1, -0.05) is 41.4 Å². The molecule has 0 aromatic heterocycles. The lowest BCUT2D eigenvalue weighted by atomic mass is 10.1. The highest BCUT2D eigenvalue weighted by Gasteiger charge is 2.06. The van der Waals surface area contributed by atoms with Crippen LogP contribution in [0.2, 0.25) is 10.0 Å². The van der Waals surface area contributed by atoms with E-state index in [2.05, 4.69) is 24.4 Å². The number of benzene rings is 2. The molecule has 22 heavy (non-hydrogen) atoms. The zero-order valence-electron chi connectivity index (χ0n) is 12.9. The first-order valence-corrected chi connectivity index (χ1v) is 8.17. The second-order valence-corrected chi connectivity index (χ2v) is 6.12. The van der Waals surface area contributed by atoms with E-state index >= 15 is 0 Å². The van der Waals surface area contributed by atoms with Crippen molar-refractivity contribution in [1.82, 2.24) is 5.32 Å². The van der Waals surface area contributed by atoms with Crippen LogP contribution in [0.25, 0.3) is 0 Å². The predicted molar refractivity (Wildman–Crippen MR) is 94.2 cm³/mol. The van der Waals surface area contributed by atoms with Crippen molar-refractivity contribution in [2.24, 2.45) is 0 Å². The molecule has 0 aliphatic rings. The molecule has 0 saturated carbocycles. The average Bonchev–Trinajstić information content (AvgIpc) is 2.54. The largest absolute Gasteiger partial charge is 0.497 e. The van der Waals surface area contributed by atoms with Crippen molar-refractivity contribution < 1.29 is 4.74 Å². The third kappa shape index (κ3) is 4.91. The van der Waals surface area contributed by atoms with Gasteiger partial charge in [-0.05, 0) is 61.7 Å². The summed E-state index contributed by atoms with van der Waals surface area (Å²) in [6.45, 7) is 3.10. The molecule has 4 heteroatoms. The van der Waals surface area contributed by atoms with Gasteiger partial charge in [0.05, 0.1) is 17.2 Å². The Bertz CT molecular complexity index is 616. The van der Waals surface area contributed by atoms with E-state index < -0.39 is 0 Å². The van der Waals surface area contributed by atoms with Crippen molar-refractivity contribution in [3.05, 3.63) is 63.6 Å². The minimum absolute atomic E-state index is 0.295. The van der Waals surface area contributed by atoms with E-state index in [0.717, 1.165) is 25.1 Å². The first kappa shape index (κ1) is 17.1. The van der Waals surface area contributed by atoms with Crippen molar-refractivity contribution >= 4 is 23.2 Å². The maximum Gasteiger partial charge on any atom is 0.119 e. The lowest BCUT2D eigenvalue weighted by molar-refractivity contribution is 0.413. The van der Waals surface area contributed by atoms with E-state index in [4.69, 9.17) is 27.9 Å². The van der Waals surface area contributed by atoms with Gasteiger partial charge in [0.1, 0.15) is 5.75 Å². The van der Waals surface area contributed by atoms with E-state index in [1.54, 1.807) is 7.11 Å². The number of hydrogen-bond acceptors (Lipinski definition) is 2. The second kappa shape index (κ2) is 8.42. The lowest BCUT2D eigenvalue weighted by Gasteiger charge is -2.15. The number of hydrogen-bond donors (Lipinski definition) is 1. The zero-order chi connectivity index (χ0) is 15.9. The van der Waals surface area contributed by atoms with Crippen LogP contribution >= 0.6 is 23.2 Å². The molecule has 0 fully saturated rings. The van der Waals surface area contributed by atoms with Gasteiger partial charge in [-0.3, -0.25) is 0 Å². The first-order valence-electron chi connectivity index (χ1n) is 7.41. The van der Waals surface area contributed by atoms with E-state index in [1.165, 1.54) is 11.1 Å². The third-order valence-corrected chi connectivity index (χ3v) is 4.41. The standard InChI is InChI=1S/C18H21Cl2NO/c1-13(15-6-3-7-16(12-15)22-2)21-10-4-5-14-8-9-17(19)18(20)11-14/h3,6-9,11-13,21H,4-5,10H2,1-2H3/t13-/m1/s1. The summed E-state index contributed by atoms with van der Waals surface area (Å²) in [5, 5.41) is 4.76. The fourth-order valence-electron chi connectivity index (χ4n) is 2.33. The minimum Gasteiger partial charge on any atom is -0.497 e. The molecule has 0 bridgehead atoms. The highest BCUT2D eigenvalue weighted by atomic mass is 35.5. The number of aryl methyl sites for hydroxylation is 1. The van der Waals surface area contributed by atoms with Crippen molar-refractivity contribution in [2.45, 2.75) is 25.8 Å². The van der Waals surface area contributed by atoms with Crippen molar-refractivity contribution in [2.75, 3.05) is 13.7 Å². The molecule has 0 unspecified atom stereocenters. The van der Waals surface area contributed by atoms with E-state index in [9.17, 15) is 0 Å². The molecular weight excluding hydrogens is 317 g/mol. The molecule has 2 aromatic rings. The van der Waals surface area contributed by atoms with Crippen molar-refractivity contribution in [1.29, 1.82) is 0 Å². The van der Waals surface area contributed by atoms with Crippen LogP contribution in [-0.4, -0.2) is 13.7 Å². The Hall–Kier alpha value is -1.22. The van der Waals surface area contributed by atoms with E-state index in [0.29, 0.717) is 16.1 Å². The van der Waals surface area contributed by atoms with E-state index in [-0.39, 0.29) is 0 Å². The molecule has 0 spiro atoms. The maximum absolute atomic E-state index is 6.03. The van der Waals surface area contributed by atoms with Crippen LogP contribution in [0.3, 0.4) is 0 Å². The average molecular weight is 338 g/mol. The normalized spacial score (nSPS) is 12.2. The number of rotatable bonds is 7. The number of nitrogens with one attached hydrogen (secondary N) is 1. The van der Waals surface area contributed by atoms with Gasteiger partial charge < -0.3 is 10.1 Å². The van der Waals surface area contributed by atoms with Crippen LogP contribution in [0.5, 0.6) is 5.75 Å². The van der Waals surface area contributed by atoms with Gasteiger partial charge in [0, 0.05) is 6.04 Å². The molecule has 0 aliphatic carbocycles. The lowest BCUT2D eigenvalue weighted by Crippen LogP contribution is -2.20. The Balaban J connectivity index is 1.79. The molecule has 0 heterocycles. The second-order valence-electron chi connectivity index (χ2n) is 5.30. The number of methoxy groups -OCH3 is 1. The van der Waals surface area contributed by atoms with Crippen LogP contribution < -0.4 is 10.1 Å². The SMILES string of the molecule is COc1cccc([C@@H](C)NCCCc2ccc(Cl)c(Cl)c2)c1. The molecule has 2 rings (SSSR count). The van der Waals surface area contributed by atoms with Crippen LogP contribution in [0.15, 0.2) is 42.5 Å². The molecule has 0 radical (unpaired) electrons. The van der Waals surface area contributed by atoms with E-state index in [1.807, 2.05) is 30.3 Å². The summed E-state index contributed by atoms with van der Waals surface area (Å²) >= 11 is 11.9. The van der Waals surface area contributed by atoms with Gasteiger partial charge in [0.15, 0.2) is 0 Å². The molecular formula is C18H21Cl2NO. The molecule has 0 saturated heterocycles.